The fraction of sp³-hybridized carbons (Fsp3) is 0.750. The number of piperidine rings is 1. The highest BCUT2D eigenvalue weighted by Gasteiger charge is 2.29. The van der Waals surface area contributed by atoms with Gasteiger partial charge >= 0.3 is 0 Å². The summed E-state index contributed by atoms with van der Waals surface area (Å²) in [6, 6.07) is -0.961. The van der Waals surface area contributed by atoms with E-state index in [1.807, 2.05) is 20.8 Å². The minimum Gasteiger partial charge on any atom is -0.350 e. The molecule has 0 radical (unpaired) electrons. The minimum absolute atomic E-state index is 0.160. The molecular weight excluding hydrogens is 234 g/mol. The predicted octanol–water partition coefficient (Wildman–Crippen LogP) is -0.316. The lowest BCUT2D eigenvalue weighted by molar-refractivity contribution is -0.135. The van der Waals surface area contributed by atoms with E-state index in [0.717, 1.165) is 0 Å². The lowest BCUT2D eigenvalue weighted by Crippen LogP contribution is -2.57. The fourth-order valence-electron chi connectivity index (χ4n) is 1.71. The van der Waals surface area contributed by atoms with E-state index in [4.69, 9.17) is 0 Å². The van der Waals surface area contributed by atoms with Crippen LogP contribution in [0.1, 0.15) is 40.5 Å². The van der Waals surface area contributed by atoms with Gasteiger partial charge in [0, 0.05) is 12.0 Å². The highest BCUT2D eigenvalue weighted by molar-refractivity contribution is 6.00. The molecule has 1 heterocycles. The number of carbonyl (C=O) groups excluding carboxylic acids is 3. The topological polar surface area (TPSA) is 87.3 Å². The monoisotopic (exact) mass is 255 g/mol. The van der Waals surface area contributed by atoms with Gasteiger partial charge in [0.25, 0.3) is 0 Å². The number of hydrogen-bond acceptors (Lipinski definition) is 4. The molecule has 102 valence electrons. The summed E-state index contributed by atoms with van der Waals surface area (Å²) in [6.45, 7) is 7.38. The van der Waals surface area contributed by atoms with Crippen LogP contribution in [0, 0.1) is 0 Å². The number of rotatable bonds is 3. The summed E-state index contributed by atoms with van der Waals surface area (Å²) in [5.41, 5.74) is -0.308. The molecule has 1 fully saturated rings. The minimum atomic E-state index is -0.483. The van der Waals surface area contributed by atoms with Crippen molar-refractivity contribution < 1.29 is 14.4 Å². The summed E-state index contributed by atoms with van der Waals surface area (Å²) >= 11 is 0. The van der Waals surface area contributed by atoms with Gasteiger partial charge in [-0.1, -0.05) is 0 Å². The standard InChI is InChI=1S/C12H21N3O3/c1-7(10(17)15-12(2,3)4)13-8-5-6-9(16)14-11(8)18/h7-8,13H,5-6H2,1-4H3,(H,15,17)(H,14,16,18). The Hall–Kier alpha value is -1.43. The van der Waals surface area contributed by atoms with Gasteiger partial charge in [0.2, 0.25) is 17.7 Å². The van der Waals surface area contributed by atoms with Crippen LogP contribution in [0.3, 0.4) is 0 Å². The Morgan fingerprint density at radius 1 is 1.39 bits per heavy atom. The van der Waals surface area contributed by atoms with Crippen LogP contribution in [-0.4, -0.2) is 35.3 Å². The van der Waals surface area contributed by atoms with E-state index >= 15 is 0 Å². The van der Waals surface area contributed by atoms with Crippen molar-refractivity contribution in [2.45, 2.75) is 58.2 Å². The second-order valence-electron chi connectivity index (χ2n) is 5.63. The number of carbonyl (C=O) groups is 3. The molecule has 6 heteroatoms. The predicted molar refractivity (Wildman–Crippen MR) is 66.7 cm³/mol. The zero-order chi connectivity index (χ0) is 13.9. The van der Waals surface area contributed by atoms with E-state index in [-0.39, 0.29) is 23.3 Å². The number of hydrogen-bond donors (Lipinski definition) is 3. The van der Waals surface area contributed by atoms with E-state index in [1.165, 1.54) is 0 Å². The molecule has 1 aliphatic rings. The van der Waals surface area contributed by atoms with Crippen molar-refractivity contribution in [3.05, 3.63) is 0 Å². The Morgan fingerprint density at radius 3 is 2.50 bits per heavy atom. The van der Waals surface area contributed by atoms with Gasteiger partial charge in [-0.2, -0.15) is 0 Å². The van der Waals surface area contributed by atoms with Crippen LogP contribution in [0.5, 0.6) is 0 Å². The first-order valence-electron chi connectivity index (χ1n) is 6.11. The molecule has 0 aromatic carbocycles. The van der Waals surface area contributed by atoms with E-state index in [0.29, 0.717) is 12.8 Å². The summed E-state index contributed by atoms with van der Waals surface area (Å²) in [5.74, 6) is -0.779. The van der Waals surface area contributed by atoms with Crippen LogP contribution in [0.15, 0.2) is 0 Å². The first-order chi connectivity index (χ1) is 8.19. The average Bonchev–Trinajstić information content (AvgIpc) is 2.19. The molecule has 18 heavy (non-hydrogen) atoms. The van der Waals surface area contributed by atoms with Gasteiger partial charge in [-0.05, 0) is 34.1 Å². The van der Waals surface area contributed by atoms with Gasteiger partial charge in [0.15, 0.2) is 0 Å². The van der Waals surface area contributed by atoms with Crippen molar-refractivity contribution in [1.82, 2.24) is 16.0 Å². The number of amides is 3. The second-order valence-corrected chi connectivity index (χ2v) is 5.63. The molecule has 6 nitrogen and oxygen atoms in total. The summed E-state index contributed by atoms with van der Waals surface area (Å²) < 4.78 is 0. The molecule has 1 aliphatic heterocycles. The maximum atomic E-state index is 11.8. The third-order valence-corrected chi connectivity index (χ3v) is 2.58. The summed E-state index contributed by atoms with van der Waals surface area (Å²) in [6.07, 6.45) is 0.731. The SMILES string of the molecule is CC(NC1CCC(=O)NC1=O)C(=O)NC(C)(C)C. The first kappa shape index (κ1) is 14.6. The van der Waals surface area contributed by atoms with Crippen LogP contribution in [0.4, 0.5) is 0 Å². The molecule has 3 N–H and O–H groups in total. The molecule has 1 saturated heterocycles. The molecule has 2 atom stereocenters. The summed E-state index contributed by atoms with van der Waals surface area (Å²) in [4.78, 5) is 34.3. The third-order valence-electron chi connectivity index (χ3n) is 2.58. The van der Waals surface area contributed by atoms with Crippen molar-refractivity contribution in [3.63, 3.8) is 0 Å². The van der Waals surface area contributed by atoms with E-state index in [2.05, 4.69) is 16.0 Å². The highest BCUT2D eigenvalue weighted by Crippen LogP contribution is 2.06. The lowest BCUT2D eigenvalue weighted by Gasteiger charge is -2.27. The normalized spacial score (nSPS) is 22.3. The molecule has 0 bridgehead atoms. The molecule has 1 rings (SSSR count). The number of nitrogens with one attached hydrogen (secondary N) is 3. The molecule has 3 amide bonds. The molecule has 0 saturated carbocycles. The largest absolute Gasteiger partial charge is 0.350 e. The zero-order valence-electron chi connectivity index (χ0n) is 11.3. The molecule has 2 unspecified atom stereocenters. The Kier molecular flexibility index (Phi) is 4.45. The van der Waals surface area contributed by atoms with E-state index < -0.39 is 12.1 Å². The summed E-state index contributed by atoms with van der Waals surface area (Å²) in [7, 11) is 0. The third kappa shape index (κ3) is 4.44. The quantitative estimate of drug-likeness (QED) is 0.603. The summed E-state index contributed by atoms with van der Waals surface area (Å²) in [5, 5.41) is 8.02. The van der Waals surface area contributed by atoms with Crippen molar-refractivity contribution in [2.75, 3.05) is 0 Å². The Balaban J connectivity index is 2.49. The van der Waals surface area contributed by atoms with Gasteiger partial charge < -0.3 is 5.32 Å². The fourth-order valence-corrected chi connectivity index (χ4v) is 1.71. The molecular formula is C12H21N3O3. The molecule has 0 aromatic rings. The van der Waals surface area contributed by atoms with Crippen molar-refractivity contribution in [3.8, 4) is 0 Å². The van der Waals surface area contributed by atoms with Crippen LogP contribution in [-0.2, 0) is 14.4 Å². The van der Waals surface area contributed by atoms with Crippen molar-refractivity contribution in [1.29, 1.82) is 0 Å². The molecule has 0 aliphatic carbocycles. The smallest absolute Gasteiger partial charge is 0.243 e. The van der Waals surface area contributed by atoms with Crippen molar-refractivity contribution in [2.24, 2.45) is 0 Å². The Labute approximate surface area is 107 Å². The van der Waals surface area contributed by atoms with Gasteiger partial charge in [0.1, 0.15) is 0 Å². The van der Waals surface area contributed by atoms with Gasteiger partial charge in [0.05, 0.1) is 12.1 Å². The zero-order valence-corrected chi connectivity index (χ0v) is 11.3. The Bertz CT molecular complexity index is 360. The molecule has 0 spiro atoms. The van der Waals surface area contributed by atoms with Gasteiger partial charge in [-0.15, -0.1) is 0 Å². The van der Waals surface area contributed by atoms with Crippen LogP contribution in [0.25, 0.3) is 0 Å². The number of imide groups is 1. The van der Waals surface area contributed by atoms with Gasteiger partial charge in [-0.3, -0.25) is 25.0 Å². The second kappa shape index (κ2) is 5.48. The van der Waals surface area contributed by atoms with Crippen LogP contribution < -0.4 is 16.0 Å². The first-order valence-corrected chi connectivity index (χ1v) is 6.11. The maximum Gasteiger partial charge on any atom is 0.243 e. The van der Waals surface area contributed by atoms with E-state index in [9.17, 15) is 14.4 Å². The average molecular weight is 255 g/mol. The Morgan fingerprint density at radius 2 is 2.00 bits per heavy atom. The highest BCUT2D eigenvalue weighted by atomic mass is 16.2. The lowest BCUT2D eigenvalue weighted by atomic mass is 10.0. The van der Waals surface area contributed by atoms with Gasteiger partial charge in [-0.25, -0.2) is 0 Å². The van der Waals surface area contributed by atoms with E-state index in [1.54, 1.807) is 6.92 Å². The van der Waals surface area contributed by atoms with Crippen molar-refractivity contribution >= 4 is 17.7 Å². The van der Waals surface area contributed by atoms with Crippen LogP contribution in [0.2, 0.25) is 0 Å². The van der Waals surface area contributed by atoms with Crippen LogP contribution >= 0.6 is 0 Å². The molecule has 0 aromatic heterocycles. The maximum absolute atomic E-state index is 11.8.